The molecule has 2 rings (SSSR count). The Labute approximate surface area is 99.3 Å². The minimum Gasteiger partial charge on any atom is -0.399 e. The van der Waals surface area contributed by atoms with Gasteiger partial charge in [0.15, 0.2) is 5.78 Å². The highest BCUT2D eigenvalue weighted by Crippen LogP contribution is 2.13. The maximum atomic E-state index is 12.0. The van der Waals surface area contributed by atoms with Crippen LogP contribution in [0.15, 0.2) is 42.6 Å². The van der Waals surface area contributed by atoms with E-state index in [9.17, 15) is 4.79 Å². The van der Waals surface area contributed by atoms with Gasteiger partial charge in [0, 0.05) is 29.4 Å². The van der Waals surface area contributed by atoms with Crippen LogP contribution in [0, 0.1) is 0 Å². The molecule has 0 saturated heterocycles. The van der Waals surface area contributed by atoms with Gasteiger partial charge in [0.05, 0.1) is 0 Å². The summed E-state index contributed by atoms with van der Waals surface area (Å²) in [5.41, 5.74) is 13.3. The van der Waals surface area contributed by atoms with Crippen LogP contribution in [0.25, 0.3) is 0 Å². The zero-order valence-electron chi connectivity index (χ0n) is 9.26. The molecule has 0 aliphatic rings. The first kappa shape index (κ1) is 11.1. The lowest BCUT2D eigenvalue weighted by Gasteiger charge is -2.04. The minimum atomic E-state index is 0.00435. The van der Waals surface area contributed by atoms with Crippen LogP contribution in [0.5, 0.6) is 0 Å². The largest absolute Gasteiger partial charge is 0.399 e. The third-order valence-corrected chi connectivity index (χ3v) is 2.51. The van der Waals surface area contributed by atoms with Gasteiger partial charge in [-0.1, -0.05) is 6.07 Å². The van der Waals surface area contributed by atoms with E-state index in [2.05, 4.69) is 4.98 Å². The first-order chi connectivity index (χ1) is 8.16. The van der Waals surface area contributed by atoms with E-state index in [-0.39, 0.29) is 12.2 Å². The number of pyridine rings is 1. The minimum absolute atomic E-state index is 0.00435. The second kappa shape index (κ2) is 4.65. The molecular weight excluding hydrogens is 214 g/mol. The van der Waals surface area contributed by atoms with Crippen LogP contribution in [-0.4, -0.2) is 10.8 Å². The molecule has 1 heterocycles. The molecule has 2 aromatic rings. The topological polar surface area (TPSA) is 82.0 Å². The van der Waals surface area contributed by atoms with Crippen molar-refractivity contribution in [2.75, 3.05) is 11.5 Å². The lowest BCUT2D eigenvalue weighted by Crippen LogP contribution is -2.06. The Bertz CT molecular complexity index is 535. The standard InChI is InChI=1S/C13H13N3O/c14-11-5-3-9(4-6-11)12(17)8-10-2-1-7-16-13(10)15/h1-7H,8,14H2,(H2,15,16). The summed E-state index contributed by atoms with van der Waals surface area (Å²) in [7, 11) is 0. The summed E-state index contributed by atoms with van der Waals surface area (Å²) in [6, 6.07) is 10.4. The van der Waals surface area contributed by atoms with Crippen molar-refractivity contribution in [2.24, 2.45) is 0 Å². The SMILES string of the molecule is Nc1ccc(C(=O)Cc2cccnc2N)cc1. The molecule has 0 amide bonds. The zero-order valence-corrected chi connectivity index (χ0v) is 9.26. The Morgan fingerprint density at radius 1 is 1.12 bits per heavy atom. The van der Waals surface area contributed by atoms with E-state index >= 15 is 0 Å². The molecule has 4 N–H and O–H groups in total. The van der Waals surface area contributed by atoms with Crippen LogP contribution in [0.2, 0.25) is 0 Å². The summed E-state index contributed by atoms with van der Waals surface area (Å²) in [4.78, 5) is 15.9. The van der Waals surface area contributed by atoms with Crippen molar-refractivity contribution in [3.63, 3.8) is 0 Å². The van der Waals surface area contributed by atoms with Gasteiger partial charge in [-0.15, -0.1) is 0 Å². The van der Waals surface area contributed by atoms with Crippen LogP contribution in [0.4, 0.5) is 11.5 Å². The average Bonchev–Trinajstić information content (AvgIpc) is 2.33. The molecule has 0 radical (unpaired) electrons. The summed E-state index contributed by atoms with van der Waals surface area (Å²) >= 11 is 0. The van der Waals surface area contributed by atoms with Crippen LogP contribution in [-0.2, 0) is 6.42 Å². The van der Waals surface area contributed by atoms with Gasteiger partial charge in [-0.3, -0.25) is 4.79 Å². The number of nitrogens with zero attached hydrogens (tertiary/aromatic N) is 1. The number of Topliss-reactive ketones (excluding diaryl/α,β-unsaturated/α-hetero) is 1. The summed E-state index contributed by atoms with van der Waals surface area (Å²) in [6.07, 6.45) is 1.86. The van der Waals surface area contributed by atoms with Crippen molar-refractivity contribution in [1.29, 1.82) is 0 Å². The quantitative estimate of drug-likeness (QED) is 0.617. The normalized spacial score (nSPS) is 10.1. The Kier molecular flexibility index (Phi) is 3.05. The second-order valence-electron chi connectivity index (χ2n) is 3.77. The van der Waals surface area contributed by atoms with Crippen molar-refractivity contribution in [2.45, 2.75) is 6.42 Å². The summed E-state index contributed by atoms with van der Waals surface area (Å²) < 4.78 is 0. The van der Waals surface area contributed by atoms with E-state index in [0.717, 1.165) is 5.56 Å². The van der Waals surface area contributed by atoms with E-state index in [1.165, 1.54) is 0 Å². The third-order valence-electron chi connectivity index (χ3n) is 2.51. The van der Waals surface area contributed by atoms with Gasteiger partial charge in [0.2, 0.25) is 0 Å². The lowest BCUT2D eigenvalue weighted by atomic mass is 10.0. The number of carbonyl (C=O) groups is 1. The maximum absolute atomic E-state index is 12.0. The van der Waals surface area contributed by atoms with Crippen molar-refractivity contribution in [1.82, 2.24) is 4.98 Å². The highest BCUT2D eigenvalue weighted by atomic mass is 16.1. The number of aromatic nitrogens is 1. The van der Waals surface area contributed by atoms with Gasteiger partial charge in [0.1, 0.15) is 5.82 Å². The van der Waals surface area contributed by atoms with Gasteiger partial charge in [0.25, 0.3) is 0 Å². The fraction of sp³-hybridized carbons (Fsp3) is 0.0769. The van der Waals surface area contributed by atoms with Gasteiger partial charge < -0.3 is 11.5 Å². The molecule has 0 spiro atoms. The van der Waals surface area contributed by atoms with E-state index < -0.39 is 0 Å². The molecule has 17 heavy (non-hydrogen) atoms. The number of benzene rings is 1. The number of nitrogen functional groups attached to an aromatic ring is 2. The number of rotatable bonds is 3. The fourth-order valence-corrected chi connectivity index (χ4v) is 1.54. The Hall–Kier alpha value is -2.36. The number of nitrogens with two attached hydrogens (primary N) is 2. The highest BCUT2D eigenvalue weighted by molar-refractivity contribution is 5.98. The Balaban J connectivity index is 2.17. The molecule has 0 aliphatic heterocycles. The van der Waals surface area contributed by atoms with E-state index in [1.807, 2.05) is 0 Å². The van der Waals surface area contributed by atoms with Crippen LogP contribution < -0.4 is 11.5 Å². The summed E-state index contributed by atoms with van der Waals surface area (Å²) in [5.74, 6) is 0.404. The van der Waals surface area contributed by atoms with Crippen LogP contribution in [0.3, 0.4) is 0 Å². The monoisotopic (exact) mass is 227 g/mol. The van der Waals surface area contributed by atoms with Crippen LogP contribution >= 0.6 is 0 Å². The highest BCUT2D eigenvalue weighted by Gasteiger charge is 2.09. The third kappa shape index (κ3) is 2.60. The number of hydrogen-bond donors (Lipinski definition) is 2. The number of hydrogen-bond acceptors (Lipinski definition) is 4. The average molecular weight is 227 g/mol. The molecule has 0 aliphatic carbocycles. The van der Waals surface area contributed by atoms with Gasteiger partial charge in [-0.2, -0.15) is 0 Å². The number of ketones is 1. The predicted octanol–water partition coefficient (Wildman–Crippen LogP) is 1.67. The van der Waals surface area contributed by atoms with E-state index in [4.69, 9.17) is 11.5 Å². The van der Waals surface area contributed by atoms with Crippen LogP contribution in [0.1, 0.15) is 15.9 Å². The second-order valence-corrected chi connectivity index (χ2v) is 3.77. The Morgan fingerprint density at radius 2 is 1.82 bits per heavy atom. The number of anilines is 2. The Morgan fingerprint density at radius 3 is 2.47 bits per heavy atom. The molecule has 1 aromatic carbocycles. The van der Waals surface area contributed by atoms with Gasteiger partial charge in [-0.25, -0.2) is 4.98 Å². The molecule has 0 bridgehead atoms. The molecule has 1 aromatic heterocycles. The van der Waals surface area contributed by atoms with Gasteiger partial charge in [-0.05, 0) is 30.3 Å². The summed E-state index contributed by atoms with van der Waals surface area (Å²) in [6.45, 7) is 0. The molecule has 0 fully saturated rings. The number of carbonyl (C=O) groups excluding carboxylic acids is 1. The first-order valence-corrected chi connectivity index (χ1v) is 5.25. The molecule has 86 valence electrons. The lowest BCUT2D eigenvalue weighted by molar-refractivity contribution is 0.0993. The molecular formula is C13H13N3O. The predicted molar refractivity (Wildman–Crippen MR) is 67.5 cm³/mol. The molecule has 0 atom stereocenters. The van der Waals surface area contributed by atoms with Crippen molar-refractivity contribution >= 4 is 17.3 Å². The fourth-order valence-electron chi connectivity index (χ4n) is 1.54. The summed E-state index contributed by atoms with van der Waals surface area (Å²) in [5, 5.41) is 0. The zero-order chi connectivity index (χ0) is 12.3. The maximum Gasteiger partial charge on any atom is 0.167 e. The van der Waals surface area contributed by atoms with Gasteiger partial charge >= 0.3 is 0 Å². The van der Waals surface area contributed by atoms with Crippen molar-refractivity contribution in [3.05, 3.63) is 53.7 Å². The van der Waals surface area contributed by atoms with Crippen molar-refractivity contribution < 1.29 is 4.79 Å². The molecule has 4 nitrogen and oxygen atoms in total. The first-order valence-electron chi connectivity index (χ1n) is 5.25. The smallest absolute Gasteiger partial charge is 0.167 e. The molecule has 0 saturated carbocycles. The van der Waals surface area contributed by atoms with E-state index in [1.54, 1.807) is 42.6 Å². The van der Waals surface area contributed by atoms with E-state index in [0.29, 0.717) is 17.1 Å². The van der Waals surface area contributed by atoms with Crippen molar-refractivity contribution in [3.8, 4) is 0 Å². The molecule has 4 heteroatoms. The molecule has 0 unspecified atom stereocenters.